The molecule has 0 saturated carbocycles. The van der Waals surface area contributed by atoms with Gasteiger partial charge in [-0.05, 0) is 42.5 Å². The maximum absolute atomic E-state index is 9.17. The molecule has 0 N–H and O–H groups in total. The van der Waals surface area contributed by atoms with Gasteiger partial charge >= 0.3 is 0 Å². The summed E-state index contributed by atoms with van der Waals surface area (Å²) in [5, 5.41) is 17.3. The number of aromatic nitrogens is 3. The predicted octanol–water partition coefficient (Wildman–Crippen LogP) is 3.37. The normalized spacial score (nSPS) is 11.0. The van der Waals surface area contributed by atoms with E-state index in [1.807, 2.05) is 24.3 Å². The summed E-state index contributed by atoms with van der Waals surface area (Å²) in [6.07, 6.45) is 0.765. The molecule has 0 saturated heterocycles. The summed E-state index contributed by atoms with van der Waals surface area (Å²) >= 11 is 0. The molecular formula is C17H22N4O. The van der Waals surface area contributed by atoms with Crippen molar-refractivity contribution < 1.29 is 4.74 Å². The van der Waals surface area contributed by atoms with Crippen molar-refractivity contribution in [2.24, 2.45) is 11.8 Å². The van der Waals surface area contributed by atoms with E-state index in [2.05, 4.69) is 44.1 Å². The molecule has 0 radical (unpaired) electrons. The molecule has 1 aromatic heterocycles. The van der Waals surface area contributed by atoms with Crippen molar-refractivity contribution in [1.82, 2.24) is 15.0 Å². The van der Waals surface area contributed by atoms with E-state index in [4.69, 9.17) is 4.74 Å². The van der Waals surface area contributed by atoms with Gasteiger partial charge < -0.3 is 4.74 Å². The fourth-order valence-corrected chi connectivity index (χ4v) is 2.11. The topological polar surface area (TPSA) is 63.7 Å². The zero-order valence-corrected chi connectivity index (χ0v) is 13.6. The average molecular weight is 298 g/mol. The molecule has 0 aliphatic rings. The van der Waals surface area contributed by atoms with Crippen molar-refractivity contribution in [1.29, 1.82) is 5.26 Å². The fraction of sp³-hybridized carbons (Fsp3) is 0.471. The first kappa shape index (κ1) is 16.0. The molecule has 0 bridgehead atoms. The zero-order valence-electron chi connectivity index (χ0n) is 13.6. The number of ether oxygens (including phenoxy) is 1. The van der Waals surface area contributed by atoms with Crippen LogP contribution in [0.3, 0.4) is 0 Å². The van der Waals surface area contributed by atoms with Crippen LogP contribution in [0, 0.1) is 23.2 Å². The van der Waals surface area contributed by atoms with Gasteiger partial charge in [0.2, 0.25) is 0 Å². The molecule has 0 aliphatic carbocycles. The van der Waals surface area contributed by atoms with Gasteiger partial charge in [-0.25, -0.2) is 4.68 Å². The fourth-order valence-electron chi connectivity index (χ4n) is 2.11. The van der Waals surface area contributed by atoms with Gasteiger partial charge in [0, 0.05) is 0 Å². The summed E-state index contributed by atoms with van der Waals surface area (Å²) in [6.45, 7) is 9.15. The second-order valence-corrected chi connectivity index (χ2v) is 6.21. The van der Waals surface area contributed by atoms with Crippen LogP contribution in [0.15, 0.2) is 24.3 Å². The molecule has 0 aliphatic heterocycles. The number of nitrogens with zero attached hydrogens (tertiary/aromatic N) is 4. The van der Waals surface area contributed by atoms with Crippen LogP contribution in [-0.4, -0.2) is 21.6 Å². The molecule has 1 aromatic carbocycles. The SMILES string of the molecule is CC(C)COc1ccc(-n2nnc(C#N)c2CC(C)C)cc1. The van der Waals surface area contributed by atoms with Crippen molar-refractivity contribution in [3.8, 4) is 17.5 Å². The summed E-state index contributed by atoms with van der Waals surface area (Å²) in [5.41, 5.74) is 2.14. The Morgan fingerprint density at radius 1 is 1.14 bits per heavy atom. The molecule has 5 nitrogen and oxygen atoms in total. The predicted molar refractivity (Wildman–Crippen MR) is 84.9 cm³/mol. The summed E-state index contributed by atoms with van der Waals surface area (Å²) in [6, 6.07) is 9.84. The quantitative estimate of drug-likeness (QED) is 0.820. The summed E-state index contributed by atoms with van der Waals surface area (Å²) in [7, 11) is 0. The molecule has 116 valence electrons. The van der Waals surface area contributed by atoms with Crippen molar-refractivity contribution >= 4 is 0 Å². The smallest absolute Gasteiger partial charge is 0.186 e. The molecule has 0 spiro atoms. The lowest BCUT2D eigenvalue weighted by molar-refractivity contribution is 0.271. The highest BCUT2D eigenvalue weighted by Crippen LogP contribution is 2.19. The Labute approximate surface area is 131 Å². The first-order valence-electron chi connectivity index (χ1n) is 7.59. The Hall–Kier alpha value is -2.35. The van der Waals surface area contributed by atoms with Crippen LogP contribution in [0.5, 0.6) is 5.75 Å². The van der Waals surface area contributed by atoms with Crippen LogP contribution in [0.1, 0.15) is 39.1 Å². The van der Waals surface area contributed by atoms with Gasteiger partial charge in [0.25, 0.3) is 0 Å². The van der Waals surface area contributed by atoms with Gasteiger partial charge in [-0.15, -0.1) is 5.10 Å². The number of hydrogen-bond acceptors (Lipinski definition) is 4. The molecule has 0 atom stereocenters. The Morgan fingerprint density at radius 2 is 1.82 bits per heavy atom. The minimum Gasteiger partial charge on any atom is -0.493 e. The van der Waals surface area contributed by atoms with Gasteiger partial charge in [-0.2, -0.15) is 5.26 Å². The standard InChI is InChI=1S/C17H22N4O/c1-12(2)9-17-16(10-18)19-20-21(17)14-5-7-15(8-6-14)22-11-13(3)4/h5-8,12-13H,9,11H2,1-4H3. The van der Waals surface area contributed by atoms with Crippen molar-refractivity contribution in [2.75, 3.05) is 6.61 Å². The summed E-state index contributed by atoms with van der Waals surface area (Å²) < 4.78 is 7.42. The van der Waals surface area contributed by atoms with Gasteiger partial charge in [0.15, 0.2) is 5.69 Å². The molecule has 0 amide bonds. The Bertz CT molecular complexity index is 650. The highest BCUT2D eigenvalue weighted by Gasteiger charge is 2.15. The number of rotatable bonds is 6. The molecule has 0 unspecified atom stereocenters. The van der Waals surface area contributed by atoms with Crippen LogP contribution in [-0.2, 0) is 6.42 Å². The van der Waals surface area contributed by atoms with E-state index in [0.29, 0.717) is 24.1 Å². The van der Waals surface area contributed by atoms with E-state index in [1.54, 1.807) is 4.68 Å². The van der Waals surface area contributed by atoms with Crippen LogP contribution in [0.2, 0.25) is 0 Å². The Morgan fingerprint density at radius 3 is 2.36 bits per heavy atom. The maximum Gasteiger partial charge on any atom is 0.186 e. The second kappa shape index (κ2) is 7.08. The number of hydrogen-bond donors (Lipinski definition) is 0. The van der Waals surface area contributed by atoms with Crippen molar-refractivity contribution in [3.63, 3.8) is 0 Å². The number of nitriles is 1. The summed E-state index contributed by atoms with van der Waals surface area (Å²) in [5.74, 6) is 1.76. The van der Waals surface area contributed by atoms with Gasteiger partial charge in [0.05, 0.1) is 18.0 Å². The third-order valence-corrected chi connectivity index (χ3v) is 3.14. The van der Waals surface area contributed by atoms with Gasteiger partial charge in [0.1, 0.15) is 11.8 Å². The third-order valence-electron chi connectivity index (χ3n) is 3.14. The molecule has 2 rings (SSSR count). The minimum atomic E-state index is 0.397. The molecule has 0 fully saturated rings. The van der Waals surface area contributed by atoms with E-state index in [1.165, 1.54) is 0 Å². The van der Waals surface area contributed by atoms with Crippen LogP contribution >= 0.6 is 0 Å². The van der Waals surface area contributed by atoms with E-state index in [9.17, 15) is 5.26 Å². The zero-order chi connectivity index (χ0) is 16.1. The minimum absolute atomic E-state index is 0.397. The Balaban J connectivity index is 2.25. The highest BCUT2D eigenvalue weighted by molar-refractivity contribution is 5.40. The third kappa shape index (κ3) is 3.85. The molecule has 1 heterocycles. The first-order valence-corrected chi connectivity index (χ1v) is 7.59. The first-order chi connectivity index (χ1) is 10.5. The molecular weight excluding hydrogens is 276 g/mol. The lowest BCUT2D eigenvalue weighted by Gasteiger charge is -2.11. The molecule has 2 aromatic rings. The molecule has 5 heteroatoms. The van der Waals surface area contributed by atoms with Crippen molar-refractivity contribution in [2.45, 2.75) is 34.1 Å². The molecule has 22 heavy (non-hydrogen) atoms. The second-order valence-electron chi connectivity index (χ2n) is 6.21. The van der Waals surface area contributed by atoms with E-state index < -0.39 is 0 Å². The van der Waals surface area contributed by atoms with Crippen LogP contribution in [0.25, 0.3) is 5.69 Å². The Kier molecular flexibility index (Phi) is 5.16. The average Bonchev–Trinajstić information content (AvgIpc) is 2.87. The van der Waals surface area contributed by atoms with Crippen LogP contribution in [0.4, 0.5) is 0 Å². The van der Waals surface area contributed by atoms with E-state index >= 15 is 0 Å². The van der Waals surface area contributed by atoms with Gasteiger partial charge in [-0.1, -0.05) is 32.9 Å². The monoisotopic (exact) mass is 298 g/mol. The lowest BCUT2D eigenvalue weighted by Crippen LogP contribution is -2.07. The largest absolute Gasteiger partial charge is 0.493 e. The lowest BCUT2D eigenvalue weighted by atomic mass is 10.1. The van der Waals surface area contributed by atoms with Gasteiger partial charge in [-0.3, -0.25) is 0 Å². The van der Waals surface area contributed by atoms with E-state index in [-0.39, 0.29) is 0 Å². The highest BCUT2D eigenvalue weighted by atomic mass is 16.5. The van der Waals surface area contributed by atoms with Crippen molar-refractivity contribution in [3.05, 3.63) is 35.7 Å². The van der Waals surface area contributed by atoms with Crippen LogP contribution < -0.4 is 4.74 Å². The summed E-state index contributed by atoms with van der Waals surface area (Å²) in [4.78, 5) is 0. The number of benzene rings is 1. The maximum atomic E-state index is 9.17. The van der Waals surface area contributed by atoms with E-state index in [0.717, 1.165) is 23.6 Å².